The first-order chi connectivity index (χ1) is 6.43. The highest BCUT2D eigenvalue weighted by Crippen LogP contribution is 2.33. The zero-order valence-corrected chi connectivity index (χ0v) is 9.82. The number of carbonyl (C=O) groups is 1. The first kappa shape index (κ1) is 12.4. The molecule has 0 aromatic rings. The maximum Gasteiger partial charge on any atom is 0.234 e. The molecule has 0 radical (unpaired) electrons. The Morgan fingerprint density at radius 3 is 2.50 bits per heavy atom. The van der Waals surface area contributed by atoms with Gasteiger partial charge in [-0.1, -0.05) is 41.2 Å². The molecule has 1 N–H and O–H groups in total. The SMILES string of the molecule is O=C1CCCCCN1[C@@H](O)C(Cl)(Cl)Cl. The lowest BCUT2D eigenvalue weighted by Gasteiger charge is -2.31. The van der Waals surface area contributed by atoms with Crippen LogP contribution < -0.4 is 0 Å². The van der Waals surface area contributed by atoms with Crippen LogP contribution in [0.2, 0.25) is 0 Å². The second-order valence-electron chi connectivity index (χ2n) is 3.31. The lowest BCUT2D eigenvalue weighted by Crippen LogP contribution is -2.47. The van der Waals surface area contributed by atoms with E-state index in [4.69, 9.17) is 34.8 Å². The standard InChI is InChI=1S/C8H12Cl3NO2/c9-8(10,11)7(14)12-5-3-1-2-4-6(12)13/h7,14H,1-5H2/t7-/m0/s1. The quantitative estimate of drug-likeness (QED) is 0.733. The molecule has 0 aromatic heterocycles. The number of hydrogen-bond donors (Lipinski definition) is 1. The molecule has 6 heteroatoms. The summed E-state index contributed by atoms with van der Waals surface area (Å²) in [4.78, 5) is 12.7. The number of amides is 1. The van der Waals surface area contributed by atoms with E-state index in [0.717, 1.165) is 19.3 Å². The van der Waals surface area contributed by atoms with Gasteiger partial charge in [-0.25, -0.2) is 0 Å². The summed E-state index contributed by atoms with van der Waals surface area (Å²) in [6, 6.07) is 0. The fraction of sp³-hybridized carbons (Fsp3) is 0.875. The fourth-order valence-corrected chi connectivity index (χ4v) is 1.79. The summed E-state index contributed by atoms with van der Waals surface area (Å²) < 4.78 is -1.83. The summed E-state index contributed by atoms with van der Waals surface area (Å²) in [7, 11) is 0. The minimum absolute atomic E-state index is 0.152. The average Bonchev–Trinajstić information content (AvgIpc) is 2.27. The van der Waals surface area contributed by atoms with Crippen LogP contribution in [0.15, 0.2) is 0 Å². The molecule has 14 heavy (non-hydrogen) atoms. The van der Waals surface area contributed by atoms with Crippen molar-refractivity contribution in [1.82, 2.24) is 4.90 Å². The number of rotatable bonds is 1. The average molecular weight is 261 g/mol. The Morgan fingerprint density at radius 2 is 1.93 bits per heavy atom. The largest absolute Gasteiger partial charge is 0.369 e. The Morgan fingerprint density at radius 1 is 1.29 bits per heavy atom. The number of aliphatic hydroxyl groups is 1. The molecule has 3 nitrogen and oxygen atoms in total. The first-order valence-corrected chi connectivity index (χ1v) is 5.60. The van der Waals surface area contributed by atoms with Gasteiger partial charge in [-0.2, -0.15) is 0 Å². The molecule has 0 aromatic carbocycles. The predicted octanol–water partition coefficient (Wildman–Crippen LogP) is 2.08. The van der Waals surface area contributed by atoms with Gasteiger partial charge in [0.25, 0.3) is 0 Å². The summed E-state index contributed by atoms with van der Waals surface area (Å²) in [5.41, 5.74) is 0. The van der Waals surface area contributed by atoms with E-state index in [2.05, 4.69) is 0 Å². The fourth-order valence-electron chi connectivity index (χ4n) is 1.44. The second kappa shape index (κ2) is 4.88. The molecule has 0 bridgehead atoms. The zero-order chi connectivity index (χ0) is 10.8. The maximum absolute atomic E-state index is 11.5. The Bertz CT molecular complexity index is 217. The third-order valence-corrected chi connectivity index (χ3v) is 2.78. The zero-order valence-electron chi connectivity index (χ0n) is 7.55. The Labute approximate surface area is 97.9 Å². The number of hydrogen-bond acceptors (Lipinski definition) is 2. The van der Waals surface area contributed by atoms with Gasteiger partial charge in [-0.3, -0.25) is 4.79 Å². The van der Waals surface area contributed by atoms with Gasteiger partial charge in [0.05, 0.1) is 0 Å². The molecule has 1 rings (SSSR count). The predicted molar refractivity (Wildman–Crippen MR) is 56.5 cm³/mol. The molecule has 1 aliphatic rings. The van der Waals surface area contributed by atoms with Crippen LogP contribution in [0.1, 0.15) is 25.7 Å². The summed E-state index contributed by atoms with van der Waals surface area (Å²) in [6.45, 7) is 0.452. The molecule has 1 fully saturated rings. The molecule has 0 aliphatic carbocycles. The van der Waals surface area contributed by atoms with Gasteiger partial charge in [0.1, 0.15) is 0 Å². The van der Waals surface area contributed by atoms with Gasteiger partial charge < -0.3 is 10.0 Å². The van der Waals surface area contributed by atoms with Crippen LogP contribution in [0.5, 0.6) is 0 Å². The maximum atomic E-state index is 11.5. The number of carbonyl (C=O) groups excluding carboxylic acids is 1. The molecule has 1 saturated heterocycles. The summed E-state index contributed by atoms with van der Waals surface area (Å²) in [6.07, 6.45) is 1.70. The molecule has 0 spiro atoms. The van der Waals surface area contributed by atoms with Crippen molar-refractivity contribution in [2.75, 3.05) is 6.54 Å². The Balaban J connectivity index is 2.68. The molecule has 0 unspecified atom stereocenters. The highest BCUT2D eigenvalue weighted by molar-refractivity contribution is 6.68. The van der Waals surface area contributed by atoms with Crippen LogP contribution >= 0.6 is 34.8 Å². The van der Waals surface area contributed by atoms with E-state index in [9.17, 15) is 9.90 Å². The van der Waals surface area contributed by atoms with Crippen molar-refractivity contribution < 1.29 is 9.90 Å². The van der Waals surface area contributed by atoms with Crippen molar-refractivity contribution in [1.29, 1.82) is 0 Å². The van der Waals surface area contributed by atoms with Crippen molar-refractivity contribution in [2.24, 2.45) is 0 Å². The van der Waals surface area contributed by atoms with Gasteiger partial charge in [0.15, 0.2) is 6.23 Å². The summed E-state index contributed by atoms with van der Waals surface area (Å²) >= 11 is 16.6. The second-order valence-corrected chi connectivity index (χ2v) is 5.68. The van der Waals surface area contributed by atoms with Gasteiger partial charge in [-0.15, -0.1) is 0 Å². The van der Waals surface area contributed by atoms with Gasteiger partial charge >= 0.3 is 0 Å². The van der Waals surface area contributed by atoms with E-state index < -0.39 is 10.0 Å². The molecule has 0 saturated carbocycles. The Kier molecular flexibility index (Phi) is 4.31. The summed E-state index contributed by atoms with van der Waals surface area (Å²) in [5.74, 6) is -0.152. The van der Waals surface area contributed by atoms with Crippen LogP contribution in [0.4, 0.5) is 0 Å². The van der Waals surface area contributed by atoms with Gasteiger partial charge in [0, 0.05) is 13.0 Å². The third kappa shape index (κ3) is 3.16. The van der Waals surface area contributed by atoms with Crippen LogP contribution in [0.3, 0.4) is 0 Å². The number of likely N-dealkylation sites (tertiary alicyclic amines) is 1. The van der Waals surface area contributed by atoms with Crippen LogP contribution in [0, 0.1) is 0 Å². The minimum Gasteiger partial charge on any atom is -0.369 e. The first-order valence-electron chi connectivity index (χ1n) is 4.47. The molecule has 1 atom stereocenters. The van der Waals surface area contributed by atoms with E-state index in [1.165, 1.54) is 4.90 Å². The number of halogens is 3. The monoisotopic (exact) mass is 259 g/mol. The third-order valence-electron chi connectivity index (χ3n) is 2.20. The smallest absolute Gasteiger partial charge is 0.234 e. The van der Waals surface area contributed by atoms with E-state index in [1.54, 1.807) is 0 Å². The van der Waals surface area contributed by atoms with Crippen LogP contribution in [0.25, 0.3) is 0 Å². The van der Waals surface area contributed by atoms with E-state index in [1.807, 2.05) is 0 Å². The Hall–Kier alpha value is 0.300. The van der Waals surface area contributed by atoms with E-state index >= 15 is 0 Å². The van der Waals surface area contributed by atoms with Crippen molar-refractivity contribution in [3.05, 3.63) is 0 Å². The molecule has 1 aliphatic heterocycles. The van der Waals surface area contributed by atoms with Crippen LogP contribution in [-0.4, -0.2) is 32.5 Å². The lowest BCUT2D eigenvalue weighted by atomic mass is 10.2. The highest BCUT2D eigenvalue weighted by Gasteiger charge is 2.38. The molecular formula is C8H12Cl3NO2. The van der Waals surface area contributed by atoms with Crippen molar-refractivity contribution in [3.8, 4) is 0 Å². The number of alkyl halides is 3. The van der Waals surface area contributed by atoms with E-state index in [-0.39, 0.29) is 5.91 Å². The molecular weight excluding hydrogens is 248 g/mol. The van der Waals surface area contributed by atoms with Crippen molar-refractivity contribution >= 4 is 40.7 Å². The minimum atomic E-state index is -1.83. The number of nitrogens with zero attached hydrogens (tertiary/aromatic N) is 1. The van der Waals surface area contributed by atoms with E-state index in [0.29, 0.717) is 13.0 Å². The normalized spacial score (nSPS) is 22.0. The van der Waals surface area contributed by atoms with Gasteiger partial charge in [-0.05, 0) is 12.8 Å². The van der Waals surface area contributed by atoms with Crippen LogP contribution in [-0.2, 0) is 4.79 Å². The number of aliphatic hydroxyl groups excluding tert-OH is 1. The lowest BCUT2D eigenvalue weighted by molar-refractivity contribution is -0.140. The molecule has 1 amide bonds. The highest BCUT2D eigenvalue weighted by atomic mass is 35.6. The molecule has 1 heterocycles. The topological polar surface area (TPSA) is 40.5 Å². The van der Waals surface area contributed by atoms with Gasteiger partial charge in [0.2, 0.25) is 9.70 Å². The van der Waals surface area contributed by atoms with Crippen molar-refractivity contribution in [2.45, 2.75) is 35.7 Å². The summed E-state index contributed by atoms with van der Waals surface area (Å²) in [5, 5.41) is 9.62. The van der Waals surface area contributed by atoms with Crippen molar-refractivity contribution in [3.63, 3.8) is 0 Å². The molecule has 82 valence electrons.